The van der Waals surface area contributed by atoms with Gasteiger partial charge in [-0.1, -0.05) is 31.7 Å². The first-order valence-corrected chi connectivity index (χ1v) is 11.5. The number of hydrogen-bond acceptors (Lipinski definition) is 5. The molecule has 0 atom stereocenters. The SMILES string of the molecule is C=C(/C=C(\NCCC)C1CC1)Nc1nc(Cc2ccc3c(=O)[nH][nH]c3c2)nc2ccccc12. The summed E-state index contributed by atoms with van der Waals surface area (Å²) in [6.07, 6.45) is 6.21. The third-order valence-electron chi connectivity index (χ3n) is 5.86. The second kappa shape index (κ2) is 8.94. The number of nitrogens with zero attached hydrogens (tertiary/aromatic N) is 2. The Morgan fingerprint density at radius 3 is 2.82 bits per heavy atom. The third-order valence-corrected chi connectivity index (χ3v) is 5.86. The summed E-state index contributed by atoms with van der Waals surface area (Å²) in [6.45, 7) is 7.38. The molecule has 0 saturated heterocycles. The van der Waals surface area contributed by atoms with Gasteiger partial charge in [-0.3, -0.25) is 15.0 Å². The van der Waals surface area contributed by atoms with Gasteiger partial charge in [0.15, 0.2) is 0 Å². The number of H-pyrrole nitrogens is 2. The molecule has 4 aromatic rings. The van der Waals surface area contributed by atoms with Crippen molar-refractivity contribution in [1.29, 1.82) is 0 Å². The van der Waals surface area contributed by atoms with Gasteiger partial charge in [0.25, 0.3) is 5.56 Å². The lowest BCUT2D eigenvalue weighted by Crippen LogP contribution is -2.16. The van der Waals surface area contributed by atoms with Crippen molar-refractivity contribution in [2.24, 2.45) is 5.92 Å². The van der Waals surface area contributed by atoms with E-state index in [0.29, 0.717) is 23.5 Å². The second-order valence-corrected chi connectivity index (χ2v) is 8.59. The van der Waals surface area contributed by atoms with Crippen LogP contribution < -0.4 is 16.2 Å². The van der Waals surface area contributed by atoms with Crippen LogP contribution in [0, 0.1) is 5.92 Å². The third kappa shape index (κ3) is 4.67. The number of para-hydroxylation sites is 1. The predicted octanol–water partition coefficient (Wildman–Crippen LogP) is 4.61. The molecule has 168 valence electrons. The van der Waals surface area contributed by atoms with E-state index in [1.54, 1.807) is 0 Å². The fraction of sp³-hybridized carbons (Fsp3) is 0.269. The quantitative estimate of drug-likeness (QED) is 0.285. The lowest BCUT2D eigenvalue weighted by molar-refractivity contribution is 0.719. The maximum atomic E-state index is 11.8. The summed E-state index contributed by atoms with van der Waals surface area (Å²) in [5.74, 6) is 2.07. The van der Waals surface area contributed by atoms with Crippen LogP contribution in [0.1, 0.15) is 37.6 Å². The Kier molecular flexibility index (Phi) is 5.69. The Labute approximate surface area is 192 Å². The van der Waals surface area contributed by atoms with Crippen molar-refractivity contribution >= 4 is 27.6 Å². The van der Waals surface area contributed by atoms with Crippen molar-refractivity contribution in [3.63, 3.8) is 0 Å². The zero-order valence-electron chi connectivity index (χ0n) is 18.7. The molecule has 1 saturated carbocycles. The minimum absolute atomic E-state index is 0.115. The van der Waals surface area contributed by atoms with Crippen molar-refractivity contribution in [1.82, 2.24) is 25.5 Å². The molecule has 33 heavy (non-hydrogen) atoms. The number of hydrogen-bond donors (Lipinski definition) is 4. The van der Waals surface area contributed by atoms with Gasteiger partial charge >= 0.3 is 0 Å². The Bertz CT molecular complexity index is 1410. The molecule has 1 aliphatic rings. The van der Waals surface area contributed by atoms with Crippen molar-refractivity contribution in [3.05, 3.63) is 88.3 Å². The maximum Gasteiger partial charge on any atom is 0.271 e. The Balaban J connectivity index is 1.44. The zero-order chi connectivity index (χ0) is 22.8. The molecule has 0 spiro atoms. The molecule has 1 fully saturated rings. The van der Waals surface area contributed by atoms with E-state index in [1.165, 1.54) is 18.5 Å². The highest BCUT2D eigenvalue weighted by Crippen LogP contribution is 2.35. The number of benzene rings is 2. The first-order chi connectivity index (χ1) is 16.1. The van der Waals surface area contributed by atoms with Crippen molar-refractivity contribution in [2.45, 2.75) is 32.6 Å². The number of nitrogens with one attached hydrogen (secondary N) is 4. The monoisotopic (exact) mass is 440 g/mol. The Morgan fingerprint density at radius 1 is 1.15 bits per heavy atom. The molecule has 2 heterocycles. The van der Waals surface area contributed by atoms with Crippen LogP contribution in [0.4, 0.5) is 5.82 Å². The highest BCUT2D eigenvalue weighted by atomic mass is 16.1. The molecule has 5 rings (SSSR count). The lowest BCUT2D eigenvalue weighted by Gasteiger charge is -2.14. The average Bonchev–Trinajstić information content (AvgIpc) is 3.60. The molecule has 2 aromatic heterocycles. The van der Waals surface area contributed by atoms with Gasteiger partial charge in [0, 0.05) is 29.7 Å². The summed E-state index contributed by atoms with van der Waals surface area (Å²) in [6, 6.07) is 13.7. The number of anilines is 1. The number of aromatic amines is 2. The van der Waals surface area contributed by atoms with E-state index in [1.807, 2.05) is 42.5 Å². The van der Waals surface area contributed by atoms with Gasteiger partial charge in [-0.25, -0.2) is 9.97 Å². The van der Waals surface area contributed by atoms with E-state index in [0.717, 1.165) is 46.5 Å². The fourth-order valence-corrected chi connectivity index (χ4v) is 4.03. The van der Waals surface area contributed by atoms with Gasteiger partial charge in [-0.15, -0.1) is 0 Å². The molecule has 0 unspecified atom stereocenters. The molecular weight excluding hydrogens is 412 g/mol. The van der Waals surface area contributed by atoms with Gasteiger partial charge in [-0.2, -0.15) is 0 Å². The van der Waals surface area contributed by atoms with Gasteiger partial charge in [0.05, 0.1) is 16.4 Å². The smallest absolute Gasteiger partial charge is 0.271 e. The highest BCUT2D eigenvalue weighted by molar-refractivity contribution is 5.89. The van der Waals surface area contributed by atoms with Crippen LogP contribution in [0.15, 0.2) is 71.3 Å². The fourth-order valence-electron chi connectivity index (χ4n) is 4.03. The summed E-state index contributed by atoms with van der Waals surface area (Å²) in [7, 11) is 0. The van der Waals surface area contributed by atoms with Gasteiger partial charge in [-0.05, 0) is 61.1 Å². The topological polar surface area (TPSA) is 98.5 Å². The number of fused-ring (bicyclic) bond motifs is 2. The summed E-state index contributed by atoms with van der Waals surface area (Å²) in [5, 5.41) is 14.1. The first-order valence-electron chi connectivity index (χ1n) is 11.5. The molecule has 2 aromatic carbocycles. The van der Waals surface area contributed by atoms with Crippen LogP contribution in [-0.2, 0) is 6.42 Å². The van der Waals surface area contributed by atoms with Crippen molar-refractivity contribution in [3.8, 4) is 0 Å². The van der Waals surface area contributed by atoms with E-state index in [9.17, 15) is 4.79 Å². The summed E-state index contributed by atoms with van der Waals surface area (Å²) in [5.41, 5.74) is 4.63. The van der Waals surface area contributed by atoms with Gasteiger partial charge < -0.3 is 10.6 Å². The molecular formula is C26H28N6O. The molecule has 7 nitrogen and oxygen atoms in total. The van der Waals surface area contributed by atoms with Crippen LogP contribution in [0.25, 0.3) is 21.8 Å². The van der Waals surface area contributed by atoms with E-state index < -0.39 is 0 Å². The van der Waals surface area contributed by atoms with Gasteiger partial charge in [0.1, 0.15) is 11.6 Å². The largest absolute Gasteiger partial charge is 0.388 e. The summed E-state index contributed by atoms with van der Waals surface area (Å²) < 4.78 is 0. The predicted molar refractivity (Wildman–Crippen MR) is 133 cm³/mol. The summed E-state index contributed by atoms with van der Waals surface area (Å²) >= 11 is 0. The molecule has 0 amide bonds. The van der Waals surface area contributed by atoms with E-state index in [-0.39, 0.29) is 5.56 Å². The summed E-state index contributed by atoms with van der Waals surface area (Å²) in [4.78, 5) is 21.4. The zero-order valence-corrected chi connectivity index (χ0v) is 18.7. The molecule has 0 aliphatic heterocycles. The minimum Gasteiger partial charge on any atom is -0.388 e. The number of aromatic nitrogens is 4. The normalized spacial score (nSPS) is 14.0. The lowest BCUT2D eigenvalue weighted by atomic mass is 10.1. The van der Waals surface area contributed by atoms with Crippen LogP contribution >= 0.6 is 0 Å². The van der Waals surface area contributed by atoms with Crippen LogP contribution in [0.3, 0.4) is 0 Å². The standard InChI is InChI=1S/C26H28N6O/c1-3-12-27-22(18-9-10-18)13-16(2)28-25-19-6-4-5-7-21(19)29-24(30-25)15-17-8-11-20-23(14-17)31-32-26(20)33/h4-8,11,13-14,18,27H,2-3,9-10,12,15H2,1H3,(H,28,29,30)(H2,31,32,33)/b22-13-. The Morgan fingerprint density at radius 2 is 2.00 bits per heavy atom. The maximum absolute atomic E-state index is 11.8. The van der Waals surface area contributed by atoms with Crippen LogP contribution in [0.2, 0.25) is 0 Å². The van der Waals surface area contributed by atoms with E-state index in [4.69, 9.17) is 9.97 Å². The minimum atomic E-state index is -0.115. The van der Waals surface area contributed by atoms with Crippen molar-refractivity contribution in [2.75, 3.05) is 11.9 Å². The molecule has 4 N–H and O–H groups in total. The molecule has 7 heteroatoms. The average molecular weight is 441 g/mol. The number of rotatable bonds is 9. The Hall–Kier alpha value is -3.87. The van der Waals surface area contributed by atoms with E-state index >= 15 is 0 Å². The van der Waals surface area contributed by atoms with Crippen LogP contribution in [0.5, 0.6) is 0 Å². The second-order valence-electron chi connectivity index (χ2n) is 8.59. The first kappa shape index (κ1) is 21.0. The van der Waals surface area contributed by atoms with Crippen molar-refractivity contribution < 1.29 is 0 Å². The highest BCUT2D eigenvalue weighted by Gasteiger charge is 2.25. The number of allylic oxidation sites excluding steroid dienone is 2. The van der Waals surface area contributed by atoms with Gasteiger partial charge in [0.2, 0.25) is 0 Å². The molecule has 0 bridgehead atoms. The van der Waals surface area contributed by atoms with Crippen LogP contribution in [-0.4, -0.2) is 26.7 Å². The molecule has 0 radical (unpaired) electrons. The molecule has 1 aliphatic carbocycles. The van der Waals surface area contributed by atoms with E-state index in [2.05, 4.69) is 40.4 Å².